The van der Waals surface area contributed by atoms with Crippen LogP contribution in [0.3, 0.4) is 0 Å². The SMILES string of the molecule is COc1ccc(-n2ncc3c(NN)ncnc32)c(C)c1. The maximum absolute atomic E-state index is 5.44. The topological polar surface area (TPSA) is 90.9 Å². The van der Waals surface area contributed by atoms with Crippen LogP contribution >= 0.6 is 0 Å². The number of hydrogen-bond acceptors (Lipinski definition) is 6. The largest absolute Gasteiger partial charge is 0.497 e. The quantitative estimate of drug-likeness (QED) is 0.552. The number of nitrogens with two attached hydrogens (primary N) is 1. The number of benzene rings is 1. The van der Waals surface area contributed by atoms with E-state index in [1.807, 2.05) is 25.1 Å². The Balaban J connectivity index is 2.20. The number of aryl methyl sites for hydroxylation is 1. The van der Waals surface area contributed by atoms with Gasteiger partial charge in [0.15, 0.2) is 11.5 Å². The number of aromatic nitrogens is 4. The highest BCUT2D eigenvalue weighted by Crippen LogP contribution is 2.24. The Bertz CT molecular complexity index is 767. The van der Waals surface area contributed by atoms with Crippen molar-refractivity contribution in [2.24, 2.45) is 5.84 Å². The number of rotatable bonds is 3. The molecular formula is C13H14N6O. The summed E-state index contributed by atoms with van der Waals surface area (Å²) in [5.41, 5.74) is 5.21. The van der Waals surface area contributed by atoms with E-state index in [1.54, 1.807) is 18.0 Å². The molecule has 0 radical (unpaired) electrons. The molecule has 0 spiro atoms. The van der Waals surface area contributed by atoms with Gasteiger partial charge in [-0.15, -0.1) is 0 Å². The third-order valence-corrected chi connectivity index (χ3v) is 3.13. The number of methoxy groups -OCH3 is 1. The molecule has 0 unspecified atom stereocenters. The van der Waals surface area contributed by atoms with Gasteiger partial charge in [-0.2, -0.15) is 5.10 Å². The minimum Gasteiger partial charge on any atom is -0.497 e. The van der Waals surface area contributed by atoms with Gasteiger partial charge in [0.25, 0.3) is 0 Å². The summed E-state index contributed by atoms with van der Waals surface area (Å²) in [7, 11) is 1.64. The summed E-state index contributed by atoms with van der Waals surface area (Å²) >= 11 is 0. The normalized spacial score (nSPS) is 10.8. The Kier molecular flexibility index (Phi) is 2.96. The van der Waals surface area contributed by atoms with Gasteiger partial charge >= 0.3 is 0 Å². The molecule has 0 fully saturated rings. The van der Waals surface area contributed by atoms with E-state index in [0.29, 0.717) is 11.5 Å². The molecule has 2 aromatic heterocycles. The van der Waals surface area contributed by atoms with Crippen LogP contribution < -0.4 is 16.0 Å². The van der Waals surface area contributed by atoms with Gasteiger partial charge in [-0.1, -0.05) is 0 Å². The molecule has 7 heteroatoms. The third-order valence-electron chi connectivity index (χ3n) is 3.13. The fraction of sp³-hybridized carbons (Fsp3) is 0.154. The minimum absolute atomic E-state index is 0.549. The summed E-state index contributed by atoms with van der Waals surface area (Å²) < 4.78 is 6.97. The van der Waals surface area contributed by atoms with Crippen LogP contribution in [0.5, 0.6) is 5.75 Å². The smallest absolute Gasteiger partial charge is 0.168 e. The van der Waals surface area contributed by atoms with Crippen molar-refractivity contribution in [1.82, 2.24) is 19.7 Å². The molecule has 0 aliphatic carbocycles. The lowest BCUT2D eigenvalue weighted by Crippen LogP contribution is -2.09. The first-order chi connectivity index (χ1) is 9.74. The zero-order chi connectivity index (χ0) is 14.1. The molecule has 0 bridgehead atoms. The van der Waals surface area contributed by atoms with Gasteiger partial charge in [0.2, 0.25) is 0 Å². The third kappa shape index (κ3) is 1.84. The van der Waals surface area contributed by atoms with E-state index >= 15 is 0 Å². The van der Waals surface area contributed by atoms with Gasteiger partial charge in [0.1, 0.15) is 12.1 Å². The van der Waals surface area contributed by atoms with Crippen LogP contribution in [0.15, 0.2) is 30.7 Å². The van der Waals surface area contributed by atoms with Crippen molar-refractivity contribution in [2.45, 2.75) is 6.92 Å². The van der Waals surface area contributed by atoms with E-state index in [1.165, 1.54) is 6.33 Å². The standard InChI is InChI=1S/C13H14N6O/c1-8-5-9(20-2)3-4-11(8)19-13-10(6-17-19)12(18-14)15-7-16-13/h3-7H,14H2,1-2H3,(H,15,16,18). The summed E-state index contributed by atoms with van der Waals surface area (Å²) in [6, 6.07) is 5.78. The van der Waals surface area contributed by atoms with E-state index in [9.17, 15) is 0 Å². The molecule has 7 nitrogen and oxygen atoms in total. The summed E-state index contributed by atoms with van der Waals surface area (Å²) in [6.07, 6.45) is 3.14. The molecule has 102 valence electrons. The number of anilines is 1. The molecule has 2 heterocycles. The van der Waals surface area contributed by atoms with Crippen molar-refractivity contribution in [2.75, 3.05) is 12.5 Å². The summed E-state index contributed by atoms with van der Waals surface area (Å²) in [4.78, 5) is 8.33. The molecule has 0 aliphatic rings. The predicted octanol–water partition coefficient (Wildman–Crippen LogP) is 1.42. The molecule has 0 saturated carbocycles. The van der Waals surface area contributed by atoms with Gasteiger partial charge in [-0.05, 0) is 30.7 Å². The second-order valence-electron chi connectivity index (χ2n) is 4.31. The molecule has 20 heavy (non-hydrogen) atoms. The number of nitrogens with one attached hydrogen (secondary N) is 1. The Morgan fingerprint density at radius 1 is 1.30 bits per heavy atom. The Morgan fingerprint density at radius 3 is 2.85 bits per heavy atom. The molecule has 0 aliphatic heterocycles. The molecule has 3 aromatic rings. The van der Waals surface area contributed by atoms with Crippen molar-refractivity contribution in [1.29, 1.82) is 0 Å². The van der Waals surface area contributed by atoms with Crippen LogP contribution in [0.2, 0.25) is 0 Å². The molecular weight excluding hydrogens is 256 g/mol. The molecule has 3 N–H and O–H groups in total. The number of nitrogens with zero attached hydrogens (tertiary/aromatic N) is 4. The van der Waals surface area contributed by atoms with Crippen LogP contribution in [0.25, 0.3) is 16.7 Å². The number of fused-ring (bicyclic) bond motifs is 1. The second kappa shape index (κ2) is 4.78. The number of nitrogen functional groups attached to an aromatic ring is 1. The van der Waals surface area contributed by atoms with Crippen LogP contribution in [0.4, 0.5) is 5.82 Å². The minimum atomic E-state index is 0.549. The molecule has 0 atom stereocenters. The molecule has 1 aromatic carbocycles. The number of ether oxygens (including phenoxy) is 1. The Labute approximate surface area is 115 Å². The van der Waals surface area contributed by atoms with Gasteiger partial charge in [0.05, 0.1) is 24.4 Å². The fourth-order valence-electron chi connectivity index (χ4n) is 2.13. The maximum atomic E-state index is 5.44. The fourth-order valence-corrected chi connectivity index (χ4v) is 2.13. The van der Waals surface area contributed by atoms with E-state index in [0.717, 1.165) is 22.4 Å². The predicted molar refractivity (Wildman–Crippen MR) is 75.8 cm³/mol. The zero-order valence-corrected chi connectivity index (χ0v) is 11.2. The highest BCUT2D eigenvalue weighted by Gasteiger charge is 2.12. The Hall–Kier alpha value is -2.67. The first kappa shape index (κ1) is 12.4. The Morgan fingerprint density at radius 2 is 2.15 bits per heavy atom. The summed E-state index contributed by atoms with van der Waals surface area (Å²) in [5, 5.41) is 5.14. The van der Waals surface area contributed by atoms with Crippen molar-refractivity contribution in [3.8, 4) is 11.4 Å². The summed E-state index contributed by atoms with van der Waals surface area (Å²) in [5.74, 6) is 6.79. The van der Waals surface area contributed by atoms with E-state index in [2.05, 4.69) is 20.5 Å². The van der Waals surface area contributed by atoms with Crippen LogP contribution in [-0.2, 0) is 0 Å². The van der Waals surface area contributed by atoms with Gasteiger partial charge < -0.3 is 10.2 Å². The lowest BCUT2D eigenvalue weighted by molar-refractivity contribution is 0.414. The van der Waals surface area contributed by atoms with E-state index in [4.69, 9.17) is 10.6 Å². The van der Waals surface area contributed by atoms with Crippen molar-refractivity contribution < 1.29 is 4.74 Å². The summed E-state index contributed by atoms with van der Waals surface area (Å²) in [6.45, 7) is 1.99. The molecule has 0 saturated heterocycles. The van der Waals surface area contributed by atoms with Crippen molar-refractivity contribution in [3.05, 3.63) is 36.3 Å². The van der Waals surface area contributed by atoms with Crippen LogP contribution in [0.1, 0.15) is 5.56 Å². The highest BCUT2D eigenvalue weighted by molar-refractivity contribution is 5.86. The maximum Gasteiger partial charge on any atom is 0.168 e. The van der Waals surface area contributed by atoms with Gasteiger partial charge in [-0.3, -0.25) is 0 Å². The van der Waals surface area contributed by atoms with Crippen LogP contribution in [-0.4, -0.2) is 26.9 Å². The van der Waals surface area contributed by atoms with Crippen molar-refractivity contribution in [3.63, 3.8) is 0 Å². The number of hydrazine groups is 1. The van der Waals surface area contributed by atoms with Gasteiger partial charge in [-0.25, -0.2) is 20.5 Å². The lowest BCUT2D eigenvalue weighted by Gasteiger charge is -2.09. The molecule has 0 amide bonds. The molecule has 3 rings (SSSR count). The first-order valence-electron chi connectivity index (χ1n) is 6.05. The van der Waals surface area contributed by atoms with Crippen LogP contribution in [0, 0.1) is 6.92 Å². The van der Waals surface area contributed by atoms with E-state index < -0.39 is 0 Å². The monoisotopic (exact) mass is 270 g/mol. The highest BCUT2D eigenvalue weighted by atomic mass is 16.5. The second-order valence-corrected chi connectivity index (χ2v) is 4.31. The average molecular weight is 270 g/mol. The zero-order valence-electron chi connectivity index (χ0n) is 11.2. The van der Waals surface area contributed by atoms with Crippen molar-refractivity contribution >= 4 is 16.9 Å². The van der Waals surface area contributed by atoms with Gasteiger partial charge in [0, 0.05) is 0 Å². The number of hydrogen-bond donors (Lipinski definition) is 2. The first-order valence-corrected chi connectivity index (χ1v) is 6.05. The van der Waals surface area contributed by atoms with E-state index in [-0.39, 0.29) is 0 Å². The lowest BCUT2D eigenvalue weighted by atomic mass is 10.2. The average Bonchev–Trinajstić information content (AvgIpc) is 2.90.